The van der Waals surface area contributed by atoms with E-state index in [2.05, 4.69) is 10.2 Å². The minimum absolute atomic E-state index is 0.0216. The lowest BCUT2D eigenvalue weighted by atomic mass is 9.98. The number of carbonyl (C=O) groups excluding carboxylic acids is 1. The Labute approximate surface area is 265 Å². The van der Waals surface area contributed by atoms with Gasteiger partial charge in [0.2, 0.25) is 5.91 Å². The van der Waals surface area contributed by atoms with Crippen LogP contribution in [0.1, 0.15) is 91.8 Å². The topological polar surface area (TPSA) is 129 Å². The molecule has 1 fully saturated rings. The second kappa shape index (κ2) is 17.2. The van der Waals surface area contributed by atoms with Gasteiger partial charge in [-0.3, -0.25) is 14.5 Å². The molecule has 5 atom stereocenters. The first-order valence-electron chi connectivity index (χ1n) is 15.7. The van der Waals surface area contributed by atoms with E-state index in [1.54, 1.807) is 0 Å². The van der Waals surface area contributed by atoms with Gasteiger partial charge in [-0.2, -0.15) is 0 Å². The third kappa shape index (κ3) is 10.5. The quantitative estimate of drug-likeness (QED) is 0.157. The summed E-state index contributed by atoms with van der Waals surface area (Å²) in [6, 6.07) is 25.1. The van der Waals surface area contributed by atoms with E-state index in [4.69, 9.17) is 14.6 Å². The number of ether oxygens (including phenoxy) is 2. The highest BCUT2D eigenvalue weighted by Crippen LogP contribution is 2.38. The lowest BCUT2D eigenvalue weighted by Gasteiger charge is -2.39. The molecule has 45 heavy (non-hydrogen) atoms. The molecule has 1 amide bonds. The molecule has 1 saturated heterocycles. The number of likely N-dealkylation sites (N-methyl/N-ethyl adjacent to an activating group) is 1. The first kappa shape index (κ1) is 34.3. The number of rotatable bonds is 16. The third-order valence-corrected chi connectivity index (χ3v) is 8.44. The number of unbranched alkanes of at least 4 members (excludes halogenated alkanes) is 2. The van der Waals surface area contributed by atoms with Crippen LogP contribution in [-0.4, -0.2) is 57.8 Å². The van der Waals surface area contributed by atoms with Crippen LogP contribution < -0.4 is 5.32 Å². The zero-order valence-electron chi connectivity index (χ0n) is 26.2. The molecule has 9 heteroatoms. The number of nitrogens with one attached hydrogen (secondary N) is 1. The van der Waals surface area contributed by atoms with Crippen molar-refractivity contribution in [1.82, 2.24) is 10.2 Å². The fourth-order valence-electron chi connectivity index (χ4n) is 5.51. The highest BCUT2D eigenvalue weighted by atomic mass is 16.7. The molecule has 4 rings (SSSR count). The van der Waals surface area contributed by atoms with Crippen LogP contribution in [-0.2, 0) is 32.2 Å². The summed E-state index contributed by atoms with van der Waals surface area (Å²) in [5, 5.41) is 32.2. The number of aliphatic hydroxyl groups is 2. The standard InChI is InChI=1S/C36H46N2O7/c1-25(35(43)29-9-5-3-6-10-29)38(2)23-31-21-32(28-17-15-27(24-39)16-18-28)45-36(44-31)30-19-13-26(14-20-30)22-37-33(40)11-7-4-8-12-34(41)42/h3,5-6,9-10,13-20,25,31-32,35-36,39,43H,4,7-8,11-12,21-24H2,1-2H3,(H,37,40)(H,41,42)/t25-,31+,32-,35-,36-/m0/s1. The molecule has 0 bridgehead atoms. The number of nitrogens with zero attached hydrogens (tertiary/aromatic N) is 1. The Morgan fingerprint density at radius 1 is 0.889 bits per heavy atom. The van der Waals surface area contributed by atoms with Crippen molar-refractivity contribution in [3.05, 3.63) is 107 Å². The second-order valence-electron chi connectivity index (χ2n) is 11.9. The molecule has 1 aliphatic heterocycles. The normalized spacial score (nSPS) is 19.6. The van der Waals surface area contributed by atoms with Gasteiger partial charge < -0.3 is 30.1 Å². The van der Waals surface area contributed by atoms with E-state index in [1.807, 2.05) is 92.8 Å². The summed E-state index contributed by atoms with van der Waals surface area (Å²) in [5.74, 6) is -0.864. The molecule has 1 aliphatic rings. The summed E-state index contributed by atoms with van der Waals surface area (Å²) in [4.78, 5) is 25.0. The van der Waals surface area contributed by atoms with Crippen molar-refractivity contribution in [2.45, 2.75) is 89.2 Å². The molecule has 0 aromatic heterocycles. The fraction of sp³-hybridized carbons (Fsp3) is 0.444. The highest BCUT2D eigenvalue weighted by molar-refractivity contribution is 5.75. The molecular formula is C36H46N2O7. The van der Waals surface area contributed by atoms with Crippen LogP contribution in [0.15, 0.2) is 78.9 Å². The van der Waals surface area contributed by atoms with Gasteiger partial charge in [0.25, 0.3) is 0 Å². The molecule has 0 spiro atoms. The Bertz CT molecular complexity index is 1330. The summed E-state index contributed by atoms with van der Waals surface area (Å²) in [7, 11) is 1.99. The summed E-state index contributed by atoms with van der Waals surface area (Å²) < 4.78 is 13.0. The molecule has 0 radical (unpaired) electrons. The molecule has 3 aromatic rings. The van der Waals surface area contributed by atoms with Crippen molar-refractivity contribution in [3.63, 3.8) is 0 Å². The number of carboxylic acid groups (broad SMARTS) is 1. The average molecular weight is 619 g/mol. The van der Waals surface area contributed by atoms with Gasteiger partial charge in [-0.1, -0.05) is 85.3 Å². The number of amides is 1. The molecule has 0 unspecified atom stereocenters. The molecule has 3 aromatic carbocycles. The molecule has 0 saturated carbocycles. The van der Waals surface area contributed by atoms with Crippen LogP contribution in [0.4, 0.5) is 0 Å². The zero-order chi connectivity index (χ0) is 32.2. The molecule has 242 valence electrons. The first-order valence-corrected chi connectivity index (χ1v) is 15.7. The van der Waals surface area contributed by atoms with Crippen LogP contribution in [0.3, 0.4) is 0 Å². The maximum atomic E-state index is 12.2. The predicted octanol–water partition coefficient (Wildman–Crippen LogP) is 5.43. The molecular weight excluding hydrogens is 572 g/mol. The monoisotopic (exact) mass is 618 g/mol. The van der Waals surface area contributed by atoms with Crippen LogP contribution in [0.25, 0.3) is 0 Å². The van der Waals surface area contributed by atoms with Crippen molar-refractivity contribution in [1.29, 1.82) is 0 Å². The number of hydrogen-bond donors (Lipinski definition) is 4. The van der Waals surface area contributed by atoms with Crippen LogP contribution in [0.5, 0.6) is 0 Å². The Hall–Kier alpha value is -3.60. The summed E-state index contributed by atoms with van der Waals surface area (Å²) in [6.07, 6.45) is 1.46. The second-order valence-corrected chi connectivity index (χ2v) is 11.9. The Balaban J connectivity index is 1.39. The summed E-state index contributed by atoms with van der Waals surface area (Å²) >= 11 is 0. The molecule has 0 aliphatic carbocycles. The van der Waals surface area contributed by atoms with Crippen molar-refractivity contribution < 1.29 is 34.4 Å². The smallest absolute Gasteiger partial charge is 0.303 e. The minimum atomic E-state index is -0.810. The van der Waals surface area contributed by atoms with E-state index in [1.165, 1.54) is 0 Å². The third-order valence-electron chi connectivity index (χ3n) is 8.44. The van der Waals surface area contributed by atoms with Crippen LogP contribution >= 0.6 is 0 Å². The number of benzene rings is 3. The van der Waals surface area contributed by atoms with E-state index in [0.29, 0.717) is 45.2 Å². The minimum Gasteiger partial charge on any atom is -0.481 e. The van der Waals surface area contributed by atoms with Gasteiger partial charge in [0.05, 0.1) is 24.9 Å². The maximum absolute atomic E-state index is 12.2. The van der Waals surface area contributed by atoms with Gasteiger partial charge in [0, 0.05) is 44.0 Å². The fourth-order valence-corrected chi connectivity index (χ4v) is 5.51. The molecule has 1 heterocycles. The predicted molar refractivity (Wildman–Crippen MR) is 171 cm³/mol. The van der Waals surface area contributed by atoms with Gasteiger partial charge in [-0.15, -0.1) is 0 Å². The van der Waals surface area contributed by atoms with Gasteiger partial charge in [-0.05, 0) is 49.1 Å². The Kier molecular flexibility index (Phi) is 13.1. The van der Waals surface area contributed by atoms with Crippen LogP contribution in [0, 0.1) is 0 Å². The van der Waals surface area contributed by atoms with Gasteiger partial charge in [0.15, 0.2) is 6.29 Å². The van der Waals surface area contributed by atoms with E-state index >= 15 is 0 Å². The Morgan fingerprint density at radius 3 is 2.20 bits per heavy atom. The number of carboxylic acids is 1. The molecule has 9 nitrogen and oxygen atoms in total. The maximum Gasteiger partial charge on any atom is 0.303 e. The zero-order valence-corrected chi connectivity index (χ0v) is 26.2. The first-order chi connectivity index (χ1) is 21.7. The number of hydrogen-bond acceptors (Lipinski definition) is 7. The summed E-state index contributed by atoms with van der Waals surface area (Å²) in [5.41, 5.74) is 4.53. The van der Waals surface area contributed by atoms with E-state index < -0.39 is 18.4 Å². The summed E-state index contributed by atoms with van der Waals surface area (Å²) in [6.45, 7) is 2.98. The van der Waals surface area contributed by atoms with Gasteiger partial charge in [0.1, 0.15) is 0 Å². The molecule has 4 N–H and O–H groups in total. The van der Waals surface area contributed by atoms with Crippen molar-refractivity contribution >= 4 is 11.9 Å². The number of aliphatic hydroxyl groups excluding tert-OH is 2. The van der Waals surface area contributed by atoms with Crippen molar-refractivity contribution in [2.24, 2.45) is 0 Å². The highest BCUT2D eigenvalue weighted by Gasteiger charge is 2.34. The van der Waals surface area contributed by atoms with E-state index in [-0.39, 0.29) is 37.2 Å². The van der Waals surface area contributed by atoms with Crippen molar-refractivity contribution in [2.75, 3.05) is 13.6 Å². The lowest BCUT2D eigenvalue weighted by Crippen LogP contribution is -2.43. The number of aliphatic carboxylic acids is 1. The largest absolute Gasteiger partial charge is 0.481 e. The Morgan fingerprint density at radius 2 is 1.53 bits per heavy atom. The van der Waals surface area contributed by atoms with E-state index in [0.717, 1.165) is 27.8 Å². The lowest BCUT2D eigenvalue weighted by molar-refractivity contribution is -0.253. The van der Waals surface area contributed by atoms with Gasteiger partial charge in [-0.25, -0.2) is 0 Å². The average Bonchev–Trinajstić information content (AvgIpc) is 3.06. The van der Waals surface area contributed by atoms with Gasteiger partial charge >= 0.3 is 5.97 Å². The number of carbonyl (C=O) groups is 2. The van der Waals surface area contributed by atoms with Crippen molar-refractivity contribution in [3.8, 4) is 0 Å². The van der Waals surface area contributed by atoms with Crippen LogP contribution in [0.2, 0.25) is 0 Å². The van der Waals surface area contributed by atoms with E-state index in [9.17, 15) is 19.8 Å². The SMILES string of the molecule is C[C@@H]([C@H](O)c1ccccc1)N(C)C[C@H]1C[C@@H](c2ccc(CO)cc2)O[C@@H](c2ccc(CNC(=O)CCCCCC(=O)O)cc2)O1.